The maximum absolute atomic E-state index is 11.6. The number of esters is 1. The molecule has 0 heterocycles. The fourth-order valence-corrected chi connectivity index (χ4v) is 1.76. The SMILES string of the molecule is CCOC(=O)c1cc(S)cc(C(Cl)C(C)=O)c1. The number of hydrogen-bond acceptors (Lipinski definition) is 4. The van der Waals surface area contributed by atoms with Gasteiger partial charge >= 0.3 is 5.97 Å². The van der Waals surface area contributed by atoms with Crippen LogP contribution in [0.15, 0.2) is 23.1 Å². The number of Topliss-reactive ketones (excluding diaryl/α,β-unsaturated/α-hetero) is 1. The lowest BCUT2D eigenvalue weighted by Crippen LogP contribution is -2.07. The highest BCUT2D eigenvalue weighted by Crippen LogP contribution is 2.25. The van der Waals surface area contributed by atoms with Crippen molar-refractivity contribution in [3.05, 3.63) is 29.3 Å². The molecule has 92 valence electrons. The first-order valence-electron chi connectivity index (χ1n) is 5.11. The lowest BCUT2D eigenvalue weighted by molar-refractivity contribution is -0.116. The standard InChI is InChI=1S/C12H13ClO3S/c1-3-16-12(15)9-4-8(5-10(17)6-9)11(13)7(2)14/h4-6,11,17H,3H2,1-2H3. The molecule has 1 unspecified atom stereocenters. The Bertz CT molecular complexity index is 445. The molecule has 0 amide bonds. The second kappa shape index (κ2) is 6.07. The van der Waals surface area contributed by atoms with Crippen LogP contribution < -0.4 is 0 Å². The molecule has 0 aliphatic rings. The van der Waals surface area contributed by atoms with Crippen molar-refractivity contribution in [2.24, 2.45) is 0 Å². The monoisotopic (exact) mass is 272 g/mol. The van der Waals surface area contributed by atoms with Gasteiger partial charge < -0.3 is 4.74 Å². The van der Waals surface area contributed by atoms with E-state index in [1.54, 1.807) is 25.1 Å². The average molecular weight is 273 g/mol. The van der Waals surface area contributed by atoms with E-state index in [9.17, 15) is 9.59 Å². The van der Waals surface area contributed by atoms with Crippen molar-refractivity contribution in [2.75, 3.05) is 6.61 Å². The van der Waals surface area contributed by atoms with Crippen LogP contribution in [0.4, 0.5) is 0 Å². The highest BCUT2D eigenvalue weighted by molar-refractivity contribution is 7.80. The van der Waals surface area contributed by atoms with Crippen LogP contribution in [-0.4, -0.2) is 18.4 Å². The minimum atomic E-state index is -0.768. The second-order valence-corrected chi connectivity index (χ2v) is 4.46. The molecular formula is C12H13ClO3S. The molecule has 0 bridgehead atoms. The van der Waals surface area contributed by atoms with Gasteiger partial charge in [0.2, 0.25) is 0 Å². The van der Waals surface area contributed by atoms with Crippen molar-refractivity contribution in [3.63, 3.8) is 0 Å². The van der Waals surface area contributed by atoms with E-state index in [-0.39, 0.29) is 5.78 Å². The Labute approximate surface area is 111 Å². The van der Waals surface area contributed by atoms with E-state index in [1.807, 2.05) is 0 Å². The first-order chi connectivity index (χ1) is 7.95. The third kappa shape index (κ3) is 3.75. The number of carbonyl (C=O) groups excluding carboxylic acids is 2. The third-order valence-electron chi connectivity index (χ3n) is 2.10. The molecule has 0 spiro atoms. The van der Waals surface area contributed by atoms with Gasteiger partial charge in [-0.2, -0.15) is 0 Å². The summed E-state index contributed by atoms with van der Waals surface area (Å²) in [4.78, 5) is 23.3. The number of rotatable bonds is 4. The maximum Gasteiger partial charge on any atom is 0.338 e. The molecule has 1 aromatic rings. The number of ether oxygens (including phenoxy) is 1. The van der Waals surface area contributed by atoms with Gasteiger partial charge in [-0.15, -0.1) is 24.2 Å². The Balaban J connectivity index is 3.10. The molecule has 0 radical (unpaired) electrons. The summed E-state index contributed by atoms with van der Waals surface area (Å²) >= 11 is 10.1. The lowest BCUT2D eigenvalue weighted by Gasteiger charge is -2.09. The summed E-state index contributed by atoms with van der Waals surface area (Å²) in [7, 11) is 0. The molecule has 0 aliphatic carbocycles. The van der Waals surface area contributed by atoms with E-state index < -0.39 is 11.3 Å². The molecular weight excluding hydrogens is 260 g/mol. The number of hydrogen-bond donors (Lipinski definition) is 1. The van der Waals surface area contributed by atoms with Gasteiger partial charge in [-0.05, 0) is 37.6 Å². The van der Waals surface area contributed by atoms with E-state index in [0.717, 1.165) is 0 Å². The van der Waals surface area contributed by atoms with Crippen molar-refractivity contribution in [3.8, 4) is 0 Å². The zero-order valence-electron chi connectivity index (χ0n) is 9.57. The first kappa shape index (κ1) is 14.1. The summed E-state index contributed by atoms with van der Waals surface area (Å²) in [5.74, 6) is -0.627. The van der Waals surface area contributed by atoms with Crippen molar-refractivity contribution < 1.29 is 14.3 Å². The number of benzene rings is 1. The van der Waals surface area contributed by atoms with Crippen LogP contribution in [0.25, 0.3) is 0 Å². The summed E-state index contributed by atoms with van der Waals surface area (Å²) in [5.41, 5.74) is 0.899. The van der Waals surface area contributed by atoms with E-state index in [4.69, 9.17) is 16.3 Å². The molecule has 3 nitrogen and oxygen atoms in total. The van der Waals surface area contributed by atoms with Gasteiger partial charge in [0.1, 0.15) is 5.38 Å². The Morgan fingerprint density at radius 1 is 1.41 bits per heavy atom. The zero-order chi connectivity index (χ0) is 13.0. The fraction of sp³-hybridized carbons (Fsp3) is 0.333. The molecule has 5 heteroatoms. The van der Waals surface area contributed by atoms with Crippen LogP contribution in [-0.2, 0) is 9.53 Å². The van der Waals surface area contributed by atoms with Gasteiger partial charge in [0.05, 0.1) is 12.2 Å². The molecule has 0 N–H and O–H groups in total. The predicted octanol–water partition coefficient (Wildman–Crippen LogP) is 3.02. The van der Waals surface area contributed by atoms with E-state index in [0.29, 0.717) is 22.6 Å². The summed E-state index contributed by atoms with van der Waals surface area (Å²) in [6.45, 7) is 3.41. The van der Waals surface area contributed by atoms with Gasteiger partial charge in [-0.1, -0.05) is 0 Å². The van der Waals surface area contributed by atoms with E-state index in [2.05, 4.69) is 12.6 Å². The Morgan fingerprint density at radius 3 is 2.59 bits per heavy atom. The molecule has 17 heavy (non-hydrogen) atoms. The molecule has 0 saturated heterocycles. The lowest BCUT2D eigenvalue weighted by atomic mass is 10.1. The maximum atomic E-state index is 11.6. The largest absolute Gasteiger partial charge is 0.462 e. The van der Waals surface area contributed by atoms with Crippen molar-refractivity contribution >= 4 is 36.0 Å². The highest BCUT2D eigenvalue weighted by Gasteiger charge is 2.16. The van der Waals surface area contributed by atoms with Crippen LogP contribution in [0.3, 0.4) is 0 Å². The van der Waals surface area contributed by atoms with Crippen molar-refractivity contribution in [1.29, 1.82) is 0 Å². The topological polar surface area (TPSA) is 43.4 Å². The third-order valence-corrected chi connectivity index (χ3v) is 2.92. The minimum Gasteiger partial charge on any atom is -0.462 e. The number of alkyl halides is 1. The zero-order valence-corrected chi connectivity index (χ0v) is 11.2. The van der Waals surface area contributed by atoms with Gasteiger partial charge in [0.25, 0.3) is 0 Å². The van der Waals surface area contributed by atoms with Crippen molar-refractivity contribution in [2.45, 2.75) is 24.1 Å². The molecule has 0 aliphatic heterocycles. The Kier molecular flexibility index (Phi) is 5.02. The smallest absolute Gasteiger partial charge is 0.338 e. The molecule has 0 saturated carbocycles. The molecule has 1 aromatic carbocycles. The minimum absolute atomic E-state index is 0.180. The molecule has 1 rings (SSSR count). The summed E-state index contributed by atoms with van der Waals surface area (Å²) in [6.07, 6.45) is 0. The van der Waals surface area contributed by atoms with E-state index in [1.165, 1.54) is 6.92 Å². The Hall–Kier alpha value is -1.00. The first-order valence-corrected chi connectivity index (χ1v) is 5.99. The van der Waals surface area contributed by atoms with Gasteiger partial charge in [-0.3, -0.25) is 4.79 Å². The number of thiol groups is 1. The van der Waals surface area contributed by atoms with Crippen molar-refractivity contribution in [1.82, 2.24) is 0 Å². The number of ketones is 1. The fourth-order valence-electron chi connectivity index (χ4n) is 1.35. The Morgan fingerprint density at radius 2 is 2.06 bits per heavy atom. The van der Waals surface area contributed by atoms with Crippen LogP contribution >= 0.6 is 24.2 Å². The summed E-state index contributed by atoms with van der Waals surface area (Å²) in [6, 6.07) is 4.79. The van der Waals surface area contributed by atoms with E-state index >= 15 is 0 Å². The van der Waals surface area contributed by atoms with Crippen LogP contribution in [0, 0.1) is 0 Å². The van der Waals surface area contributed by atoms with Gasteiger partial charge in [0, 0.05) is 4.90 Å². The molecule has 0 fully saturated rings. The average Bonchev–Trinajstić information content (AvgIpc) is 2.27. The highest BCUT2D eigenvalue weighted by atomic mass is 35.5. The molecule has 1 atom stereocenters. The second-order valence-electron chi connectivity index (χ2n) is 3.51. The number of carbonyl (C=O) groups is 2. The van der Waals surface area contributed by atoms with Gasteiger partial charge in [0.15, 0.2) is 5.78 Å². The van der Waals surface area contributed by atoms with Gasteiger partial charge in [-0.25, -0.2) is 4.79 Å². The summed E-state index contributed by atoms with van der Waals surface area (Å²) in [5, 5.41) is -0.768. The number of halogens is 1. The van der Waals surface area contributed by atoms with Crippen LogP contribution in [0.2, 0.25) is 0 Å². The van der Waals surface area contributed by atoms with Crippen LogP contribution in [0.1, 0.15) is 35.1 Å². The molecule has 0 aromatic heterocycles. The predicted molar refractivity (Wildman–Crippen MR) is 68.9 cm³/mol. The quantitative estimate of drug-likeness (QED) is 0.520. The summed E-state index contributed by atoms with van der Waals surface area (Å²) < 4.78 is 4.88. The van der Waals surface area contributed by atoms with Crippen LogP contribution in [0.5, 0.6) is 0 Å². The normalized spacial score (nSPS) is 12.0.